The van der Waals surface area contributed by atoms with Crippen LogP contribution >= 0.6 is 22.7 Å². The standard InChI is InChI=1S/C44H26N2S2/c1-3-12-27(13-4-1)28-22-24-30(25-23-28)40-43-41(34-18-8-10-21-37(34)48-43)46-44(45-40)35-26-31-16-11-19-32(29-14-5-2-6-15-29)38(31)42-39(35)33-17-7-9-20-36(33)47-42/h1-26H. The molecule has 10 rings (SSSR count). The van der Waals surface area contributed by atoms with Crippen LogP contribution in [-0.2, 0) is 0 Å². The molecule has 4 heteroatoms. The predicted molar refractivity (Wildman–Crippen MR) is 207 cm³/mol. The largest absolute Gasteiger partial charge is 0.226 e. The van der Waals surface area contributed by atoms with Crippen LogP contribution in [0.2, 0.25) is 0 Å². The minimum atomic E-state index is 0.758. The molecular formula is C44H26N2S2. The molecule has 10 aromatic rings. The predicted octanol–water partition coefficient (Wildman–Crippen LogP) is 13.0. The van der Waals surface area contributed by atoms with E-state index in [1.807, 2.05) is 11.3 Å². The number of hydrogen-bond acceptors (Lipinski definition) is 4. The Kier molecular flexibility index (Phi) is 6.26. The van der Waals surface area contributed by atoms with Gasteiger partial charge in [-0.15, -0.1) is 22.7 Å². The highest BCUT2D eigenvalue weighted by Gasteiger charge is 2.22. The molecule has 0 saturated heterocycles. The van der Waals surface area contributed by atoms with Gasteiger partial charge in [0.15, 0.2) is 5.82 Å². The minimum Gasteiger partial charge on any atom is -0.226 e. The minimum absolute atomic E-state index is 0.758. The highest BCUT2D eigenvalue weighted by atomic mass is 32.1. The van der Waals surface area contributed by atoms with Crippen LogP contribution in [0.3, 0.4) is 0 Å². The van der Waals surface area contributed by atoms with Crippen molar-refractivity contribution in [3.05, 3.63) is 158 Å². The van der Waals surface area contributed by atoms with Gasteiger partial charge < -0.3 is 0 Å². The zero-order valence-electron chi connectivity index (χ0n) is 25.7. The quantitative estimate of drug-likeness (QED) is 0.190. The summed E-state index contributed by atoms with van der Waals surface area (Å²) >= 11 is 3.64. The average Bonchev–Trinajstić information content (AvgIpc) is 3.74. The Hall–Kier alpha value is -5.68. The van der Waals surface area contributed by atoms with Crippen LogP contribution in [0.5, 0.6) is 0 Å². The summed E-state index contributed by atoms with van der Waals surface area (Å²) in [6, 6.07) is 56.4. The van der Waals surface area contributed by atoms with E-state index in [2.05, 4.69) is 158 Å². The molecular weight excluding hydrogens is 621 g/mol. The number of benzene rings is 7. The van der Waals surface area contributed by atoms with E-state index in [9.17, 15) is 0 Å². The van der Waals surface area contributed by atoms with Crippen molar-refractivity contribution in [3.8, 4) is 44.9 Å². The van der Waals surface area contributed by atoms with Crippen molar-refractivity contribution < 1.29 is 0 Å². The van der Waals surface area contributed by atoms with Crippen LogP contribution < -0.4 is 0 Å². The first-order valence-electron chi connectivity index (χ1n) is 16.1. The molecule has 224 valence electrons. The van der Waals surface area contributed by atoms with Gasteiger partial charge in [0.2, 0.25) is 0 Å². The zero-order chi connectivity index (χ0) is 31.6. The molecule has 0 amide bonds. The smallest absolute Gasteiger partial charge is 0.161 e. The number of fused-ring (bicyclic) bond motifs is 8. The van der Waals surface area contributed by atoms with E-state index in [0.29, 0.717) is 0 Å². The molecule has 3 heterocycles. The van der Waals surface area contributed by atoms with Crippen molar-refractivity contribution in [3.63, 3.8) is 0 Å². The van der Waals surface area contributed by atoms with Gasteiger partial charge in [0.25, 0.3) is 0 Å². The second-order valence-corrected chi connectivity index (χ2v) is 14.2. The summed E-state index contributed by atoms with van der Waals surface area (Å²) in [4.78, 5) is 10.9. The van der Waals surface area contributed by atoms with Gasteiger partial charge in [0, 0.05) is 46.8 Å². The molecule has 0 atom stereocenters. The number of rotatable bonds is 4. The van der Waals surface area contributed by atoms with Crippen LogP contribution in [0, 0.1) is 0 Å². The fourth-order valence-electron chi connectivity index (χ4n) is 7.05. The van der Waals surface area contributed by atoms with Crippen LogP contribution in [0.15, 0.2) is 158 Å². The number of aromatic nitrogens is 2. The number of thiophene rings is 2. The van der Waals surface area contributed by atoms with E-state index < -0.39 is 0 Å². The van der Waals surface area contributed by atoms with Crippen molar-refractivity contribution in [1.82, 2.24) is 9.97 Å². The van der Waals surface area contributed by atoms with E-state index in [-0.39, 0.29) is 0 Å². The van der Waals surface area contributed by atoms with E-state index in [1.165, 1.54) is 63.3 Å². The van der Waals surface area contributed by atoms with E-state index in [4.69, 9.17) is 9.97 Å². The van der Waals surface area contributed by atoms with Gasteiger partial charge in [-0.3, -0.25) is 0 Å². The molecule has 0 saturated carbocycles. The van der Waals surface area contributed by atoms with Crippen LogP contribution in [0.4, 0.5) is 0 Å². The van der Waals surface area contributed by atoms with Gasteiger partial charge in [-0.1, -0.05) is 140 Å². The van der Waals surface area contributed by atoms with E-state index in [0.717, 1.165) is 32.9 Å². The van der Waals surface area contributed by atoms with Gasteiger partial charge in [0.1, 0.15) is 0 Å². The third-order valence-electron chi connectivity index (χ3n) is 9.30. The van der Waals surface area contributed by atoms with E-state index >= 15 is 0 Å². The molecule has 0 fully saturated rings. The Balaban J connectivity index is 1.28. The summed E-state index contributed by atoms with van der Waals surface area (Å²) in [6.07, 6.45) is 0. The summed E-state index contributed by atoms with van der Waals surface area (Å²) in [7, 11) is 0. The summed E-state index contributed by atoms with van der Waals surface area (Å²) < 4.78 is 4.88. The summed E-state index contributed by atoms with van der Waals surface area (Å²) in [6.45, 7) is 0. The normalized spacial score (nSPS) is 11.8. The maximum atomic E-state index is 5.47. The van der Waals surface area contributed by atoms with Crippen molar-refractivity contribution in [2.24, 2.45) is 0 Å². The first-order valence-corrected chi connectivity index (χ1v) is 17.7. The average molecular weight is 647 g/mol. The second-order valence-electron chi connectivity index (χ2n) is 12.1. The Morgan fingerprint density at radius 2 is 1.00 bits per heavy atom. The van der Waals surface area contributed by atoms with Crippen LogP contribution in [0.25, 0.3) is 96.1 Å². The molecule has 48 heavy (non-hydrogen) atoms. The zero-order valence-corrected chi connectivity index (χ0v) is 27.4. The van der Waals surface area contributed by atoms with Gasteiger partial charge in [-0.2, -0.15) is 0 Å². The first-order chi connectivity index (χ1) is 23.8. The summed E-state index contributed by atoms with van der Waals surface area (Å²) in [5.74, 6) is 0.758. The lowest BCUT2D eigenvalue weighted by atomic mass is 9.94. The lowest BCUT2D eigenvalue weighted by Crippen LogP contribution is -1.95. The maximum Gasteiger partial charge on any atom is 0.161 e. The monoisotopic (exact) mass is 646 g/mol. The Labute approximate surface area is 285 Å². The number of nitrogens with zero attached hydrogens (tertiary/aromatic N) is 2. The Morgan fingerprint density at radius 3 is 1.77 bits per heavy atom. The lowest BCUT2D eigenvalue weighted by Gasteiger charge is -2.13. The Bertz CT molecular complexity index is 2810. The van der Waals surface area contributed by atoms with Gasteiger partial charge >= 0.3 is 0 Å². The van der Waals surface area contributed by atoms with Gasteiger partial charge in [0.05, 0.1) is 15.9 Å². The van der Waals surface area contributed by atoms with Crippen LogP contribution in [0.1, 0.15) is 0 Å². The topological polar surface area (TPSA) is 25.8 Å². The molecule has 0 aliphatic heterocycles. The summed E-state index contributed by atoms with van der Waals surface area (Å²) in [5, 5.41) is 6.10. The summed E-state index contributed by atoms with van der Waals surface area (Å²) in [5.41, 5.74) is 9.01. The van der Waals surface area contributed by atoms with Crippen molar-refractivity contribution in [2.45, 2.75) is 0 Å². The first kappa shape index (κ1) is 27.4. The molecule has 7 aromatic carbocycles. The third-order valence-corrected chi connectivity index (χ3v) is 11.7. The van der Waals surface area contributed by atoms with Gasteiger partial charge in [-0.05, 0) is 45.8 Å². The molecule has 0 spiro atoms. The fraction of sp³-hybridized carbons (Fsp3) is 0. The molecule has 0 unspecified atom stereocenters. The second kappa shape index (κ2) is 11.0. The van der Waals surface area contributed by atoms with Crippen molar-refractivity contribution in [1.29, 1.82) is 0 Å². The Morgan fingerprint density at radius 1 is 0.396 bits per heavy atom. The molecule has 2 nitrogen and oxygen atoms in total. The maximum absolute atomic E-state index is 5.47. The van der Waals surface area contributed by atoms with E-state index in [1.54, 1.807) is 11.3 Å². The number of hydrogen-bond donors (Lipinski definition) is 0. The molecule has 0 radical (unpaired) electrons. The molecule has 0 bridgehead atoms. The van der Waals surface area contributed by atoms with Crippen LogP contribution in [-0.4, -0.2) is 9.97 Å². The molecule has 0 aliphatic rings. The lowest BCUT2D eigenvalue weighted by molar-refractivity contribution is 1.25. The van der Waals surface area contributed by atoms with Crippen molar-refractivity contribution in [2.75, 3.05) is 0 Å². The fourth-order valence-corrected chi connectivity index (χ4v) is 9.51. The molecule has 3 aromatic heterocycles. The van der Waals surface area contributed by atoms with Gasteiger partial charge in [-0.25, -0.2) is 9.97 Å². The highest BCUT2D eigenvalue weighted by molar-refractivity contribution is 7.27. The SMILES string of the molecule is c1ccc(-c2ccc(-c3nc(-c4cc5cccc(-c6ccccc6)c5c5sc6ccccc6c45)nc4c3sc3ccccc34)cc2)cc1. The molecule has 0 N–H and O–H groups in total. The highest BCUT2D eigenvalue weighted by Crippen LogP contribution is 2.47. The molecule has 0 aliphatic carbocycles. The van der Waals surface area contributed by atoms with Crippen molar-refractivity contribution >= 4 is 73.9 Å². The third kappa shape index (κ3) is 4.31.